The zero-order chi connectivity index (χ0) is 13.1. The van der Waals surface area contributed by atoms with E-state index in [2.05, 4.69) is 36.1 Å². The van der Waals surface area contributed by atoms with Crippen molar-refractivity contribution in [2.45, 2.75) is 58.6 Å². The highest BCUT2D eigenvalue weighted by Crippen LogP contribution is 2.19. The average Bonchev–Trinajstić information content (AvgIpc) is 2.81. The summed E-state index contributed by atoms with van der Waals surface area (Å²) < 4.78 is 5.69. The summed E-state index contributed by atoms with van der Waals surface area (Å²) >= 11 is 0. The molecule has 2 rings (SSSR count). The number of anilines is 1. The van der Waals surface area contributed by atoms with Crippen LogP contribution >= 0.6 is 0 Å². The fraction of sp³-hybridized carbons (Fsp3) is 0.714. The molecular formula is C14H23N3O. The molecule has 0 bridgehead atoms. The van der Waals surface area contributed by atoms with E-state index < -0.39 is 0 Å². The highest BCUT2D eigenvalue weighted by atomic mass is 16.5. The zero-order valence-electron chi connectivity index (χ0n) is 11.7. The average molecular weight is 249 g/mol. The van der Waals surface area contributed by atoms with Crippen LogP contribution in [-0.2, 0) is 4.74 Å². The maximum Gasteiger partial charge on any atom is 0.133 e. The largest absolute Gasteiger partial charge is 0.376 e. The second-order valence-electron chi connectivity index (χ2n) is 5.39. The standard InChI is InChI=1S/C14H23N3O/c1-9(2)14-15-10(3)8-13(17-14)16-11(4)12-6-5-7-18-12/h8-9,11-12H,5-7H2,1-4H3,(H,15,16,17). The van der Waals surface area contributed by atoms with Crippen molar-refractivity contribution in [2.24, 2.45) is 0 Å². The van der Waals surface area contributed by atoms with Gasteiger partial charge in [-0.3, -0.25) is 0 Å². The lowest BCUT2D eigenvalue weighted by Gasteiger charge is -2.21. The minimum atomic E-state index is 0.293. The lowest BCUT2D eigenvalue weighted by atomic mass is 10.1. The van der Waals surface area contributed by atoms with E-state index >= 15 is 0 Å². The first-order valence-electron chi connectivity index (χ1n) is 6.80. The lowest BCUT2D eigenvalue weighted by molar-refractivity contribution is 0.0995. The molecule has 2 heterocycles. The van der Waals surface area contributed by atoms with Gasteiger partial charge in [-0.25, -0.2) is 9.97 Å². The van der Waals surface area contributed by atoms with E-state index in [-0.39, 0.29) is 0 Å². The lowest BCUT2D eigenvalue weighted by Crippen LogP contribution is -2.30. The molecule has 2 unspecified atom stereocenters. The van der Waals surface area contributed by atoms with Crippen molar-refractivity contribution in [1.82, 2.24) is 9.97 Å². The molecule has 4 nitrogen and oxygen atoms in total. The van der Waals surface area contributed by atoms with Gasteiger partial charge >= 0.3 is 0 Å². The minimum Gasteiger partial charge on any atom is -0.376 e. The highest BCUT2D eigenvalue weighted by molar-refractivity contribution is 5.37. The summed E-state index contributed by atoms with van der Waals surface area (Å²) in [4.78, 5) is 9.02. The Bertz CT molecular complexity index is 400. The molecule has 1 N–H and O–H groups in total. The molecule has 0 saturated carbocycles. The number of nitrogens with zero attached hydrogens (tertiary/aromatic N) is 2. The Kier molecular flexibility index (Phi) is 4.17. The Morgan fingerprint density at radius 2 is 2.11 bits per heavy atom. The van der Waals surface area contributed by atoms with Crippen LogP contribution in [0.4, 0.5) is 5.82 Å². The molecule has 1 aliphatic heterocycles. The van der Waals surface area contributed by atoms with Crippen LogP contribution in [0.15, 0.2) is 6.07 Å². The second-order valence-corrected chi connectivity index (χ2v) is 5.39. The molecule has 1 saturated heterocycles. The molecule has 2 atom stereocenters. The maximum atomic E-state index is 5.69. The predicted molar refractivity (Wildman–Crippen MR) is 72.9 cm³/mol. The molecule has 0 spiro atoms. The molecule has 100 valence electrons. The van der Waals surface area contributed by atoms with E-state index in [9.17, 15) is 0 Å². The summed E-state index contributed by atoms with van der Waals surface area (Å²) in [7, 11) is 0. The smallest absolute Gasteiger partial charge is 0.133 e. The van der Waals surface area contributed by atoms with Crippen LogP contribution in [0.1, 0.15) is 51.0 Å². The first kappa shape index (κ1) is 13.3. The fourth-order valence-corrected chi connectivity index (χ4v) is 2.25. The van der Waals surface area contributed by atoms with Crippen LogP contribution < -0.4 is 5.32 Å². The zero-order valence-corrected chi connectivity index (χ0v) is 11.7. The Hall–Kier alpha value is -1.16. The minimum absolute atomic E-state index is 0.293. The summed E-state index contributed by atoms with van der Waals surface area (Å²) in [6.45, 7) is 9.28. The predicted octanol–water partition coefficient (Wildman–Crippen LogP) is 2.89. The summed E-state index contributed by atoms with van der Waals surface area (Å²) in [6.07, 6.45) is 2.61. The fourth-order valence-electron chi connectivity index (χ4n) is 2.25. The van der Waals surface area contributed by atoms with Crippen LogP contribution in [0.25, 0.3) is 0 Å². The van der Waals surface area contributed by atoms with E-state index in [0.717, 1.165) is 36.8 Å². The van der Waals surface area contributed by atoms with Gasteiger partial charge in [0, 0.05) is 24.3 Å². The van der Waals surface area contributed by atoms with Crippen molar-refractivity contribution in [3.63, 3.8) is 0 Å². The van der Waals surface area contributed by atoms with Crippen molar-refractivity contribution < 1.29 is 4.74 Å². The van der Waals surface area contributed by atoms with E-state index in [0.29, 0.717) is 18.1 Å². The normalized spacial score (nSPS) is 21.3. The van der Waals surface area contributed by atoms with Crippen LogP contribution in [0.3, 0.4) is 0 Å². The highest BCUT2D eigenvalue weighted by Gasteiger charge is 2.22. The molecule has 4 heteroatoms. The van der Waals surface area contributed by atoms with Crippen molar-refractivity contribution in [3.8, 4) is 0 Å². The van der Waals surface area contributed by atoms with E-state index in [1.807, 2.05) is 13.0 Å². The number of hydrogen-bond donors (Lipinski definition) is 1. The Labute approximate surface area is 109 Å². The van der Waals surface area contributed by atoms with Gasteiger partial charge in [-0.2, -0.15) is 0 Å². The summed E-state index contributed by atoms with van der Waals surface area (Å²) in [6, 6.07) is 2.29. The van der Waals surface area contributed by atoms with Crippen molar-refractivity contribution in [2.75, 3.05) is 11.9 Å². The number of ether oxygens (including phenoxy) is 1. The molecule has 1 aromatic heterocycles. The van der Waals surface area contributed by atoms with Crippen LogP contribution in [0, 0.1) is 6.92 Å². The summed E-state index contributed by atoms with van der Waals surface area (Å²) in [5, 5.41) is 3.44. The maximum absolute atomic E-state index is 5.69. The molecule has 1 fully saturated rings. The third-order valence-electron chi connectivity index (χ3n) is 3.29. The third-order valence-corrected chi connectivity index (χ3v) is 3.29. The van der Waals surface area contributed by atoms with Gasteiger partial charge < -0.3 is 10.1 Å². The number of nitrogens with one attached hydrogen (secondary N) is 1. The van der Waals surface area contributed by atoms with Crippen molar-refractivity contribution in [1.29, 1.82) is 0 Å². The Balaban J connectivity index is 2.08. The van der Waals surface area contributed by atoms with Gasteiger partial charge in [0.05, 0.1) is 12.1 Å². The molecule has 0 aliphatic carbocycles. The van der Waals surface area contributed by atoms with E-state index in [1.165, 1.54) is 0 Å². The van der Waals surface area contributed by atoms with Gasteiger partial charge in [0.25, 0.3) is 0 Å². The quantitative estimate of drug-likeness (QED) is 0.891. The topological polar surface area (TPSA) is 47.0 Å². The third kappa shape index (κ3) is 3.19. The van der Waals surface area contributed by atoms with Gasteiger partial charge in [-0.15, -0.1) is 0 Å². The SMILES string of the molecule is Cc1cc(NC(C)C2CCCO2)nc(C(C)C)n1. The van der Waals surface area contributed by atoms with Crippen LogP contribution in [-0.4, -0.2) is 28.7 Å². The van der Waals surface area contributed by atoms with Gasteiger partial charge in [0.2, 0.25) is 0 Å². The summed E-state index contributed by atoms with van der Waals surface area (Å²) in [5.74, 6) is 2.16. The van der Waals surface area contributed by atoms with Gasteiger partial charge in [-0.05, 0) is 26.7 Å². The Morgan fingerprint density at radius 1 is 1.33 bits per heavy atom. The molecule has 1 aliphatic rings. The molecule has 1 aromatic rings. The van der Waals surface area contributed by atoms with E-state index in [4.69, 9.17) is 4.74 Å². The number of rotatable bonds is 4. The van der Waals surface area contributed by atoms with Crippen molar-refractivity contribution in [3.05, 3.63) is 17.6 Å². The Morgan fingerprint density at radius 3 is 2.72 bits per heavy atom. The van der Waals surface area contributed by atoms with Gasteiger partial charge in [-0.1, -0.05) is 13.8 Å². The van der Waals surface area contributed by atoms with Crippen molar-refractivity contribution >= 4 is 5.82 Å². The van der Waals surface area contributed by atoms with E-state index in [1.54, 1.807) is 0 Å². The molecule has 0 radical (unpaired) electrons. The summed E-state index contributed by atoms with van der Waals surface area (Å²) in [5.41, 5.74) is 1.01. The monoisotopic (exact) mass is 249 g/mol. The van der Waals surface area contributed by atoms with Crippen LogP contribution in [0.2, 0.25) is 0 Å². The first-order chi connectivity index (χ1) is 8.56. The number of aryl methyl sites for hydroxylation is 1. The number of hydrogen-bond acceptors (Lipinski definition) is 4. The first-order valence-corrected chi connectivity index (χ1v) is 6.80. The molecule has 0 aromatic carbocycles. The number of aromatic nitrogens is 2. The van der Waals surface area contributed by atoms with Gasteiger partial charge in [0.15, 0.2) is 0 Å². The molecule has 18 heavy (non-hydrogen) atoms. The molecular weight excluding hydrogens is 226 g/mol. The second kappa shape index (κ2) is 5.65. The van der Waals surface area contributed by atoms with Crippen LogP contribution in [0.5, 0.6) is 0 Å². The van der Waals surface area contributed by atoms with Gasteiger partial charge in [0.1, 0.15) is 11.6 Å². The molecule has 0 amide bonds.